The van der Waals surface area contributed by atoms with Gasteiger partial charge in [0.1, 0.15) is 0 Å². The van der Waals surface area contributed by atoms with Crippen molar-refractivity contribution in [2.24, 2.45) is 0 Å². The summed E-state index contributed by atoms with van der Waals surface area (Å²) >= 11 is 0. The monoisotopic (exact) mass is 726 g/mol. The van der Waals surface area contributed by atoms with Crippen LogP contribution in [0.1, 0.15) is 22.3 Å². The lowest BCUT2D eigenvalue weighted by Crippen LogP contribution is -2.28. The highest BCUT2D eigenvalue weighted by molar-refractivity contribution is 6.10. The smallest absolute Gasteiger partial charge is 0.0714 e. The molecule has 11 rings (SSSR count). The van der Waals surface area contributed by atoms with E-state index in [-0.39, 0.29) is 0 Å². The van der Waals surface area contributed by atoms with Crippen LogP contribution in [0.5, 0.6) is 0 Å². The minimum absolute atomic E-state index is 0.500. The number of hydrogen-bond donors (Lipinski definition) is 0. The summed E-state index contributed by atoms with van der Waals surface area (Å²) in [5.74, 6) is 0. The van der Waals surface area contributed by atoms with Crippen LogP contribution in [0.3, 0.4) is 0 Å². The molecule has 0 aliphatic heterocycles. The minimum Gasteiger partial charge on any atom is -0.310 e. The molecule has 0 unspecified atom stereocenters. The molecule has 0 saturated carbocycles. The van der Waals surface area contributed by atoms with Gasteiger partial charge in [0.2, 0.25) is 0 Å². The topological polar surface area (TPSA) is 8.17 Å². The van der Waals surface area contributed by atoms with Crippen LogP contribution in [0.4, 0.5) is 17.1 Å². The number of rotatable bonds is 7. The van der Waals surface area contributed by atoms with Gasteiger partial charge in [-0.05, 0) is 105 Å². The average Bonchev–Trinajstić information content (AvgIpc) is 3.78. The second-order valence-electron chi connectivity index (χ2n) is 14.9. The van der Waals surface area contributed by atoms with Crippen molar-refractivity contribution in [2.75, 3.05) is 4.90 Å². The second-order valence-corrected chi connectivity index (χ2v) is 14.9. The number of para-hydroxylation sites is 2. The molecule has 1 aliphatic carbocycles. The molecule has 1 aromatic heterocycles. The van der Waals surface area contributed by atoms with Crippen LogP contribution in [-0.4, -0.2) is 4.57 Å². The summed E-state index contributed by atoms with van der Waals surface area (Å²) in [6, 6.07) is 84.3. The van der Waals surface area contributed by atoms with E-state index in [1.54, 1.807) is 0 Å². The Kier molecular flexibility index (Phi) is 7.75. The predicted octanol–water partition coefficient (Wildman–Crippen LogP) is 14.3. The Bertz CT molecular complexity index is 3000. The largest absolute Gasteiger partial charge is 0.310 e. The standard InChI is InChI=1S/C55H38N2/c1-5-17-39(18-6-1)40-29-31-44(32-30-40)56(45-34-36-54-50(37-45)49-26-14-16-28-53(49)57(54)43-23-11-4-12-24-43)46-33-35-48-47-25-13-15-27-51(47)55(52(48)38-46,41-19-7-2-8-20-41)42-21-9-3-10-22-42/h1-38H. The van der Waals surface area contributed by atoms with Crippen LogP contribution < -0.4 is 4.90 Å². The van der Waals surface area contributed by atoms with Crippen molar-refractivity contribution in [3.8, 4) is 27.9 Å². The summed E-state index contributed by atoms with van der Waals surface area (Å²) in [6.07, 6.45) is 0. The minimum atomic E-state index is -0.500. The highest BCUT2D eigenvalue weighted by atomic mass is 15.1. The molecule has 0 atom stereocenters. The summed E-state index contributed by atoms with van der Waals surface area (Å²) in [5, 5.41) is 2.45. The number of fused-ring (bicyclic) bond motifs is 6. The first-order chi connectivity index (χ1) is 28.3. The maximum atomic E-state index is 2.46. The molecule has 9 aromatic carbocycles. The normalized spacial score (nSPS) is 12.7. The van der Waals surface area contributed by atoms with Crippen molar-refractivity contribution in [2.45, 2.75) is 5.41 Å². The number of benzene rings is 9. The Balaban J connectivity index is 1.17. The Morgan fingerprint density at radius 2 is 0.842 bits per heavy atom. The zero-order valence-corrected chi connectivity index (χ0v) is 31.3. The van der Waals surface area contributed by atoms with Gasteiger partial charge in [0.15, 0.2) is 0 Å². The van der Waals surface area contributed by atoms with E-state index in [9.17, 15) is 0 Å². The Morgan fingerprint density at radius 3 is 1.56 bits per heavy atom. The summed E-state index contributed by atoms with van der Waals surface area (Å²) in [5.41, 5.74) is 16.4. The zero-order chi connectivity index (χ0) is 37.8. The number of nitrogens with zero attached hydrogens (tertiary/aromatic N) is 2. The molecule has 268 valence electrons. The fourth-order valence-electron chi connectivity index (χ4n) is 9.41. The van der Waals surface area contributed by atoms with Crippen molar-refractivity contribution in [3.63, 3.8) is 0 Å². The van der Waals surface area contributed by atoms with Crippen LogP contribution in [0.25, 0.3) is 49.7 Å². The quantitative estimate of drug-likeness (QED) is 0.159. The lowest BCUT2D eigenvalue weighted by molar-refractivity contribution is 0.768. The molecular formula is C55H38N2. The van der Waals surface area contributed by atoms with Gasteiger partial charge in [0.25, 0.3) is 0 Å². The number of aromatic nitrogens is 1. The third-order valence-corrected chi connectivity index (χ3v) is 11.9. The predicted molar refractivity (Wildman–Crippen MR) is 238 cm³/mol. The lowest BCUT2D eigenvalue weighted by Gasteiger charge is -2.35. The Labute approximate surface area is 333 Å². The highest BCUT2D eigenvalue weighted by Crippen LogP contribution is 2.57. The highest BCUT2D eigenvalue weighted by Gasteiger charge is 2.46. The van der Waals surface area contributed by atoms with Gasteiger partial charge in [-0.25, -0.2) is 0 Å². The van der Waals surface area contributed by atoms with Crippen molar-refractivity contribution >= 4 is 38.9 Å². The molecule has 2 heteroatoms. The average molecular weight is 727 g/mol. The summed E-state index contributed by atoms with van der Waals surface area (Å²) in [4.78, 5) is 2.44. The van der Waals surface area contributed by atoms with E-state index in [1.165, 1.54) is 66.3 Å². The van der Waals surface area contributed by atoms with Gasteiger partial charge in [0, 0.05) is 33.5 Å². The first-order valence-corrected chi connectivity index (χ1v) is 19.7. The summed E-state index contributed by atoms with van der Waals surface area (Å²) in [7, 11) is 0. The van der Waals surface area contributed by atoms with Crippen LogP contribution in [0.2, 0.25) is 0 Å². The second kappa shape index (κ2) is 13.4. The molecule has 10 aromatic rings. The first kappa shape index (κ1) is 33.0. The molecule has 0 saturated heterocycles. The summed E-state index contributed by atoms with van der Waals surface area (Å²) < 4.78 is 2.38. The number of anilines is 3. The van der Waals surface area contributed by atoms with Gasteiger partial charge in [-0.15, -0.1) is 0 Å². The van der Waals surface area contributed by atoms with Crippen LogP contribution >= 0.6 is 0 Å². The van der Waals surface area contributed by atoms with E-state index in [4.69, 9.17) is 0 Å². The van der Waals surface area contributed by atoms with E-state index in [0.29, 0.717) is 0 Å². The molecule has 0 N–H and O–H groups in total. The maximum Gasteiger partial charge on any atom is 0.0714 e. The maximum absolute atomic E-state index is 2.46. The molecule has 0 bridgehead atoms. The van der Waals surface area contributed by atoms with Gasteiger partial charge < -0.3 is 9.47 Å². The van der Waals surface area contributed by atoms with Crippen molar-refractivity contribution in [3.05, 3.63) is 253 Å². The van der Waals surface area contributed by atoms with Gasteiger partial charge in [-0.3, -0.25) is 0 Å². The summed E-state index contributed by atoms with van der Waals surface area (Å²) in [6.45, 7) is 0. The van der Waals surface area contributed by atoms with E-state index in [2.05, 4.69) is 240 Å². The molecule has 57 heavy (non-hydrogen) atoms. The van der Waals surface area contributed by atoms with E-state index in [0.717, 1.165) is 22.7 Å². The van der Waals surface area contributed by atoms with Crippen LogP contribution in [0.15, 0.2) is 231 Å². The SMILES string of the molecule is c1ccc(-c2ccc(N(c3ccc4c(c3)C(c3ccccc3)(c3ccccc3)c3ccccc3-4)c3ccc4c(c3)c3ccccc3n4-c3ccccc3)cc2)cc1. The van der Waals surface area contributed by atoms with Gasteiger partial charge in [-0.1, -0.05) is 170 Å². The van der Waals surface area contributed by atoms with E-state index < -0.39 is 5.41 Å². The van der Waals surface area contributed by atoms with Crippen LogP contribution in [-0.2, 0) is 5.41 Å². The molecule has 2 nitrogen and oxygen atoms in total. The molecule has 0 radical (unpaired) electrons. The van der Waals surface area contributed by atoms with Crippen LogP contribution in [0, 0.1) is 0 Å². The molecule has 0 fully saturated rings. The van der Waals surface area contributed by atoms with Crippen molar-refractivity contribution < 1.29 is 0 Å². The van der Waals surface area contributed by atoms with Gasteiger partial charge in [-0.2, -0.15) is 0 Å². The zero-order valence-electron chi connectivity index (χ0n) is 31.3. The Hall–Kier alpha value is -7.42. The number of hydrogen-bond acceptors (Lipinski definition) is 1. The van der Waals surface area contributed by atoms with E-state index >= 15 is 0 Å². The lowest BCUT2D eigenvalue weighted by atomic mass is 9.67. The molecule has 0 spiro atoms. The Morgan fingerprint density at radius 1 is 0.333 bits per heavy atom. The molecule has 1 heterocycles. The van der Waals surface area contributed by atoms with Gasteiger partial charge >= 0.3 is 0 Å². The molecule has 0 amide bonds. The van der Waals surface area contributed by atoms with Crippen molar-refractivity contribution in [1.29, 1.82) is 0 Å². The third kappa shape index (κ3) is 5.18. The fraction of sp³-hybridized carbons (Fsp3) is 0.0182. The van der Waals surface area contributed by atoms with Crippen molar-refractivity contribution in [1.82, 2.24) is 4.57 Å². The van der Waals surface area contributed by atoms with Gasteiger partial charge in [0.05, 0.1) is 16.4 Å². The fourth-order valence-corrected chi connectivity index (χ4v) is 9.41. The molecule has 1 aliphatic rings. The first-order valence-electron chi connectivity index (χ1n) is 19.7. The van der Waals surface area contributed by atoms with E-state index in [1.807, 2.05) is 0 Å². The third-order valence-electron chi connectivity index (χ3n) is 11.9. The molecular weight excluding hydrogens is 689 g/mol.